The van der Waals surface area contributed by atoms with Crippen LogP contribution in [-0.2, 0) is 0 Å². The maximum absolute atomic E-state index is 14.1. The van der Waals surface area contributed by atoms with Crippen LogP contribution in [0.5, 0.6) is 0 Å². The van der Waals surface area contributed by atoms with Crippen LogP contribution in [0.15, 0.2) is 12.1 Å². The monoisotopic (exact) mass is 293 g/mol. The molecule has 1 aliphatic heterocycles. The van der Waals surface area contributed by atoms with Gasteiger partial charge in [0, 0.05) is 38.4 Å². The number of hydrogen-bond donors (Lipinski definition) is 2. The molecule has 0 radical (unpaired) electrons. The van der Waals surface area contributed by atoms with E-state index in [1.54, 1.807) is 0 Å². The molecule has 0 unspecified atom stereocenters. The molecule has 2 fully saturated rings. The zero-order valence-corrected chi connectivity index (χ0v) is 11.9. The van der Waals surface area contributed by atoms with Gasteiger partial charge >= 0.3 is 5.97 Å². The summed E-state index contributed by atoms with van der Waals surface area (Å²) in [6, 6.07) is 2.46. The summed E-state index contributed by atoms with van der Waals surface area (Å²) in [5, 5.41) is 9.10. The summed E-state index contributed by atoms with van der Waals surface area (Å²) in [4.78, 5) is 15.4. The van der Waals surface area contributed by atoms with Crippen LogP contribution in [-0.4, -0.2) is 48.7 Å². The Morgan fingerprint density at radius 1 is 1.29 bits per heavy atom. The third-order valence-electron chi connectivity index (χ3n) is 4.28. The summed E-state index contributed by atoms with van der Waals surface area (Å²) in [5.41, 5.74) is 5.83. The first-order valence-electron chi connectivity index (χ1n) is 7.34. The lowest BCUT2D eigenvalue weighted by Gasteiger charge is -2.36. The van der Waals surface area contributed by atoms with Crippen molar-refractivity contribution in [2.45, 2.75) is 12.8 Å². The normalized spacial score (nSPS) is 19.8. The highest BCUT2D eigenvalue weighted by molar-refractivity contribution is 5.95. The maximum atomic E-state index is 14.1. The molecule has 0 spiro atoms. The Morgan fingerprint density at radius 2 is 1.95 bits per heavy atom. The van der Waals surface area contributed by atoms with Crippen molar-refractivity contribution in [3.8, 4) is 0 Å². The smallest absolute Gasteiger partial charge is 0.337 e. The molecular formula is C15H20FN3O2. The number of nitrogen functional groups attached to an aromatic ring is 1. The van der Waals surface area contributed by atoms with E-state index < -0.39 is 11.8 Å². The molecule has 1 saturated carbocycles. The van der Waals surface area contributed by atoms with Crippen LogP contribution >= 0.6 is 0 Å². The SMILES string of the molecule is Nc1cc(F)c(N2CCN(CC3CC3)CC2)cc1C(=O)O. The number of anilines is 2. The van der Waals surface area contributed by atoms with E-state index in [0.29, 0.717) is 18.8 Å². The van der Waals surface area contributed by atoms with Gasteiger partial charge in [0.05, 0.1) is 11.3 Å². The Labute approximate surface area is 123 Å². The van der Waals surface area contributed by atoms with Crippen LogP contribution in [0.1, 0.15) is 23.2 Å². The van der Waals surface area contributed by atoms with Gasteiger partial charge in [0.15, 0.2) is 0 Å². The van der Waals surface area contributed by atoms with Gasteiger partial charge in [-0.05, 0) is 30.9 Å². The zero-order valence-electron chi connectivity index (χ0n) is 11.9. The molecular weight excluding hydrogens is 273 g/mol. The van der Waals surface area contributed by atoms with Gasteiger partial charge in [-0.3, -0.25) is 4.90 Å². The lowest BCUT2D eigenvalue weighted by molar-refractivity contribution is 0.0698. The van der Waals surface area contributed by atoms with E-state index in [9.17, 15) is 9.18 Å². The number of piperazine rings is 1. The summed E-state index contributed by atoms with van der Waals surface area (Å²) in [7, 11) is 0. The van der Waals surface area contributed by atoms with E-state index in [-0.39, 0.29) is 11.3 Å². The van der Waals surface area contributed by atoms with Gasteiger partial charge in [-0.15, -0.1) is 0 Å². The topological polar surface area (TPSA) is 69.8 Å². The van der Waals surface area contributed by atoms with E-state index in [1.807, 2.05) is 4.90 Å². The van der Waals surface area contributed by atoms with Crippen molar-refractivity contribution in [3.63, 3.8) is 0 Å². The third kappa shape index (κ3) is 3.10. The zero-order chi connectivity index (χ0) is 15.0. The second kappa shape index (κ2) is 5.52. The van der Waals surface area contributed by atoms with E-state index in [4.69, 9.17) is 10.8 Å². The second-order valence-electron chi connectivity index (χ2n) is 5.93. The molecule has 2 aliphatic rings. The fourth-order valence-corrected chi connectivity index (χ4v) is 2.84. The highest BCUT2D eigenvalue weighted by Gasteiger charge is 2.27. The van der Waals surface area contributed by atoms with Gasteiger partial charge in [-0.1, -0.05) is 0 Å². The number of benzene rings is 1. The first-order valence-corrected chi connectivity index (χ1v) is 7.34. The van der Waals surface area contributed by atoms with Gasteiger partial charge in [0.1, 0.15) is 5.82 Å². The molecule has 1 saturated heterocycles. The number of nitrogens with two attached hydrogens (primary N) is 1. The van der Waals surface area contributed by atoms with Gasteiger partial charge in [0.2, 0.25) is 0 Å². The number of carboxylic acid groups (broad SMARTS) is 1. The standard InChI is InChI=1S/C15H20FN3O2/c16-12-8-13(17)11(15(20)21)7-14(12)19-5-3-18(4-6-19)9-10-1-2-10/h7-8,10H,1-6,9,17H2,(H,20,21). The summed E-state index contributed by atoms with van der Waals surface area (Å²) in [6.07, 6.45) is 2.66. The molecule has 6 heteroatoms. The predicted octanol–water partition coefficient (Wildman–Crippen LogP) is 1.64. The lowest BCUT2D eigenvalue weighted by Crippen LogP contribution is -2.47. The number of aromatic carboxylic acids is 1. The van der Waals surface area contributed by atoms with Crippen molar-refractivity contribution in [1.82, 2.24) is 4.90 Å². The van der Waals surface area contributed by atoms with Crippen LogP contribution in [0.3, 0.4) is 0 Å². The van der Waals surface area contributed by atoms with Gasteiger partial charge < -0.3 is 15.7 Å². The average molecular weight is 293 g/mol. The van der Waals surface area contributed by atoms with E-state index in [1.165, 1.54) is 18.9 Å². The Bertz CT molecular complexity index is 552. The quantitative estimate of drug-likeness (QED) is 0.826. The van der Waals surface area contributed by atoms with Crippen molar-refractivity contribution in [2.24, 2.45) is 5.92 Å². The molecule has 0 bridgehead atoms. The van der Waals surface area contributed by atoms with Crippen molar-refractivity contribution in [3.05, 3.63) is 23.5 Å². The van der Waals surface area contributed by atoms with Gasteiger partial charge in [-0.2, -0.15) is 0 Å². The Kier molecular flexibility index (Phi) is 3.71. The minimum atomic E-state index is -1.12. The molecule has 0 amide bonds. The van der Waals surface area contributed by atoms with Crippen LogP contribution in [0.2, 0.25) is 0 Å². The number of hydrogen-bond acceptors (Lipinski definition) is 4. The first kappa shape index (κ1) is 14.1. The van der Waals surface area contributed by atoms with E-state index in [0.717, 1.165) is 31.6 Å². The van der Waals surface area contributed by atoms with Gasteiger partial charge in [-0.25, -0.2) is 9.18 Å². The summed E-state index contributed by atoms with van der Waals surface area (Å²) in [5.74, 6) is -0.724. The minimum Gasteiger partial charge on any atom is -0.478 e. The number of nitrogens with zero attached hydrogens (tertiary/aromatic N) is 2. The molecule has 1 heterocycles. The lowest BCUT2D eigenvalue weighted by atomic mass is 10.1. The molecule has 3 N–H and O–H groups in total. The number of halogens is 1. The summed E-state index contributed by atoms with van der Waals surface area (Å²) >= 11 is 0. The Balaban J connectivity index is 1.72. The fourth-order valence-electron chi connectivity index (χ4n) is 2.84. The molecule has 1 aromatic carbocycles. The molecule has 114 valence electrons. The largest absolute Gasteiger partial charge is 0.478 e. The Hall–Kier alpha value is -1.82. The highest BCUT2D eigenvalue weighted by atomic mass is 19.1. The molecule has 1 aromatic rings. The third-order valence-corrected chi connectivity index (χ3v) is 4.28. The van der Waals surface area contributed by atoms with E-state index >= 15 is 0 Å². The number of rotatable bonds is 4. The maximum Gasteiger partial charge on any atom is 0.337 e. The summed E-state index contributed by atoms with van der Waals surface area (Å²) < 4.78 is 14.1. The Morgan fingerprint density at radius 3 is 2.52 bits per heavy atom. The minimum absolute atomic E-state index is 0.0314. The van der Waals surface area contributed by atoms with Crippen LogP contribution in [0.25, 0.3) is 0 Å². The summed E-state index contributed by atoms with van der Waals surface area (Å²) in [6.45, 7) is 4.35. The number of carboxylic acids is 1. The first-order chi connectivity index (χ1) is 10.0. The fraction of sp³-hybridized carbons (Fsp3) is 0.533. The molecule has 0 aromatic heterocycles. The van der Waals surface area contributed by atoms with Gasteiger partial charge in [0.25, 0.3) is 0 Å². The molecule has 3 rings (SSSR count). The molecule has 5 nitrogen and oxygen atoms in total. The molecule has 21 heavy (non-hydrogen) atoms. The van der Waals surface area contributed by atoms with Crippen molar-refractivity contribution in [2.75, 3.05) is 43.4 Å². The van der Waals surface area contributed by atoms with Crippen molar-refractivity contribution < 1.29 is 14.3 Å². The second-order valence-corrected chi connectivity index (χ2v) is 5.93. The predicted molar refractivity (Wildman–Crippen MR) is 79.1 cm³/mol. The van der Waals surface area contributed by atoms with Crippen molar-refractivity contribution in [1.29, 1.82) is 0 Å². The number of carbonyl (C=O) groups is 1. The van der Waals surface area contributed by atoms with Crippen LogP contribution in [0.4, 0.5) is 15.8 Å². The average Bonchev–Trinajstić information content (AvgIpc) is 3.23. The van der Waals surface area contributed by atoms with Crippen LogP contribution in [0, 0.1) is 11.7 Å². The van der Waals surface area contributed by atoms with E-state index in [2.05, 4.69) is 4.90 Å². The molecule has 0 atom stereocenters. The van der Waals surface area contributed by atoms with Crippen LogP contribution < -0.4 is 10.6 Å². The molecule has 1 aliphatic carbocycles. The van der Waals surface area contributed by atoms with Crippen molar-refractivity contribution >= 4 is 17.3 Å². The highest BCUT2D eigenvalue weighted by Crippen LogP contribution is 2.31.